The van der Waals surface area contributed by atoms with E-state index in [2.05, 4.69) is 10.6 Å². The number of hydrogen-bond donors (Lipinski definition) is 2. The molecule has 0 spiro atoms. The van der Waals surface area contributed by atoms with Gasteiger partial charge in [-0.05, 0) is 36.2 Å². The molecule has 0 atom stereocenters. The van der Waals surface area contributed by atoms with E-state index < -0.39 is 0 Å². The summed E-state index contributed by atoms with van der Waals surface area (Å²) in [5, 5.41) is 5.39. The van der Waals surface area contributed by atoms with Gasteiger partial charge < -0.3 is 15.5 Å². The highest BCUT2D eigenvalue weighted by atomic mass is 19.1. The van der Waals surface area contributed by atoms with Crippen LogP contribution < -0.4 is 10.6 Å². The van der Waals surface area contributed by atoms with E-state index in [-0.39, 0.29) is 36.5 Å². The second-order valence-electron chi connectivity index (χ2n) is 6.41. The standard InChI is InChI=1S/C21H24FN3O3/c1-15(26)23-18-7-5-8-19(14-18)24-21(28)11-13-25(16(2)27)12-10-17-6-3-4-9-20(17)22/h3-9,14H,10-13H2,1-2H3,(H,23,26)(H,24,28). The average molecular weight is 385 g/mol. The summed E-state index contributed by atoms with van der Waals surface area (Å²) in [6, 6.07) is 13.2. The van der Waals surface area contributed by atoms with Crippen molar-refractivity contribution in [1.82, 2.24) is 4.90 Å². The summed E-state index contributed by atoms with van der Waals surface area (Å²) in [5.41, 5.74) is 1.67. The van der Waals surface area contributed by atoms with Crippen molar-refractivity contribution in [1.29, 1.82) is 0 Å². The fraction of sp³-hybridized carbons (Fsp3) is 0.286. The first-order valence-electron chi connectivity index (χ1n) is 9.01. The lowest BCUT2D eigenvalue weighted by molar-refractivity contribution is -0.129. The summed E-state index contributed by atoms with van der Waals surface area (Å²) in [6.45, 7) is 3.40. The topological polar surface area (TPSA) is 78.5 Å². The molecule has 0 aliphatic rings. The number of nitrogens with zero attached hydrogens (tertiary/aromatic N) is 1. The number of nitrogens with one attached hydrogen (secondary N) is 2. The molecule has 0 unspecified atom stereocenters. The lowest BCUT2D eigenvalue weighted by atomic mass is 10.1. The van der Waals surface area contributed by atoms with Crippen LogP contribution in [0.15, 0.2) is 48.5 Å². The van der Waals surface area contributed by atoms with Crippen molar-refractivity contribution in [2.75, 3.05) is 23.7 Å². The fourth-order valence-electron chi connectivity index (χ4n) is 2.72. The Morgan fingerprint density at radius 3 is 2.25 bits per heavy atom. The third-order valence-electron chi connectivity index (χ3n) is 4.13. The highest BCUT2D eigenvalue weighted by molar-refractivity contribution is 5.93. The molecule has 0 saturated heterocycles. The van der Waals surface area contributed by atoms with E-state index in [4.69, 9.17) is 0 Å². The highest BCUT2D eigenvalue weighted by Crippen LogP contribution is 2.15. The van der Waals surface area contributed by atoms with Gasteiger partial charge in [0.05, 0.1) is 0 Å². The first kappa shape index (κ1) is 21.1. The summed E-state index contributed by atoms with van der Waals surface area (Å²) < 4.78 is 13.7. The molecule has 0 saturated carbocycles. The van der Waals surface area contributed by atoms with Crippen molar-refractivity contribution in [3.05, 3.63) is 59.9 Å². The zero-order valence-electron chi connectivity index (χ0n) is 16.0. The van der Waals surface area contributed by atoms with Gasteiger partial charge in [-0.15, -0.1) is 0 Å². The van der Waals surface area contributed by atoms with E-state index in [1.54, 1.807) is 42.5 Å². The molecule has 6 nitrogen and oxygen atoms in total. The molecule has 0 aliphatic heterocycles. The van der Waals surface area contributed by atoms with Gasteiger partial charge in [-0.1, -0.05) is 24.3 Å². The number of amides is 3. The normalized spacial score (nSPS) is 10.2. The van der Waals surface area contributed by atoms with Crippen LogP contribution in [0, 0.1) is 5.82 Å². The van der Waals surface area contributed by atoms with Crippen molar-refractivity contribution in [3.8, 4) is 0 Å². The van der Waals surface area contributed by atoms with Crippen LogP contribution in [0.3, 0.4) is 0 Å². The third-order valence-corrected chi connectivity index (χ3v) is 4.13. The van der Waals surface area contributed by atoms with Gasteiger partial charge in [0.2, 0.25) is 17.7 Å². The average Bonchev–Trinajstić information content (AvgIpc) is 2.62. The molecule has 0 aliphatic carbocycles. The summed E-state index contributed by atoms with van der Waals surface area (Å²) in [6.07, 6.45) is 0.494. The Morgan fingerprint density at radius 2 is 1.61 bits per heavy atom. The lowest BCUT2D eigenvalue weighted by Crippen LogP contribution is -2.33. The maximum absolute atomic E-state index is 13.7. The van der Waals surface area contributed by atoms with Gasteiger partial charge in [0.25, 0.3) is 0 Å². The summed E-state index contributed by atoms with van der Waals surface area (Å²) in [5.74, 6) is -0.924. The molecule has 28 heavy (non-hydrogen) atoms. The smallest absolute Gasteiger partial charge is 0.226 e. The molecule has 2 rings (SSSR count). The van der Waals surface area contributed by atoms with Crippen molar-refractivity contribution in [3.63, 3.8) is 0 Å². The van der Waals surface area contributed by atoms with E-state index in [1.807, 2.05) is 0 Å². The number of benzene rings is 2. The van der Waals surface area contributed by atoms with Gasteiger partial charge in [0, 0.05) is 44.7 Å². The van der Waals surface area contributed by atoms with E-state index in [0.717, 1.165) is 0 Å². The predicted molar refractivity (Wildman–Crippen MR) is 106 cm³/mol. The van der Waals surface area contributed by atoms with E-state index in [0.29, 0.717) is 29.9 Å². The van der Waals surface area contributed by atoms with E-state index >= 15 is 0 Å². The maximum atomic E-state index is 13.7. The maximum Gasteiger partial charge on any atom is 0.226 e. The fourth-order valence-corrected chi connectivity index (χ4v) is 2.72. The molecule has 2 aromatic carbocycles. The number of carbonyl (C=O) groups excluding carboxylic acids is 3. The van der Waals surface area contributed by atoms with Crippen molar-refractivity contribution >= 4 is 29.1 Å². The molecule has 2 aromatic rings. The van der Waals surface area contributed by atoms with Crippen LogP contribution in [0.25, 0.3) is 0 Å². The SMILES string of the molecule is CC(=O)Nc1cccc(NC(=O)CCN(CCc2ccccc2F)C(C)=O)c1. The van der Waals surface area contributed by atoms with Crippen LogP contribution in [0.5, 0.6) is 0 Å². The van der Waals surface area contributed by atoms with E-state index in [1.165, 1.54) is 24.8 Å². The molecule has 0 fully saturated rings. The quantitative estimate of drug-likeness (QED) is 0.732. The second kappa shape index (κ2) is 10.2. The Bertz CT molecular complexity index is 854. The zero-order valence-corrected chi connectivity index (χ0v) is 16.0. The second-order valence-corrected chi connectivity index (χ2v) is 6.41. The van der Waals surface area contributed by atoms with Gasteiger partial charge in [-0.3, -0.25) is 14.4 Å². The molecular weight excluding hydrogens is 361 g/mol. The Morgan fingerprint density at radius 1 is 0.929 bits per heavy atom. The van der Waals surface area contributed by atoms with Crippen LogP contribution in [0.2, 0.25) is 0 Å². The minimum atomic E-state index is -0.303. The van der Waals surface area contributed by atoms with Crippen LogP contribution in [0.1, 0.15) is 25.8 Å². The highest BCUT2D eigenvalue weighted by Gasteiger charge is 2.13. The van der Waals surface area contributed by atoms with Gasteiger partial charge in [0.1, 0.15) is 5.82 Å². The van der Waals surface area contributed by atoms with Crippen LogP contribution in [0.4, 0.5) is 15.8 Å². The Labute approximate surface area is 163 Å². The Hall–Kier alpha value is -3.22. The zero-order chi connectivity index (χ0) is 20.5. The number of rotatable bonds is 8. The monoisotopic (exact) mass is 385 g/mol. The molecule has 148 valence electrons. The largest absolute Gasteiger partial charge is 0.342 e. The van der Waals surface area contributed by atoms with Crippen molar-refractivity contribution < 1.29 is 18.8 Å². The summed E-state index contributed by atoms with van der Waals surface area (Å²) in [4.78, 5) is 36.7. The van der Waals surface area contributed by atoms with E-state index in [9.17, 15) is 18.8 Å². The van der Waals surface area contributed by atoms with Gasteiger partial charge >= 0.3 is 0 Å². The Balaban J connectivity index is 1.87. The predicted octanol–water partition coefficient (Wildman–Crippen LogP) is 3.20. The van der Waals surface area contributed by atoms with Crippen LogP contribution >= 0.6 is 0 Å². The third kappa shape index (κ3) is 6.83. The minimum Gasteiger partial charge on any atom is -0.342 e. The first-order valence-corrected chi connectivity index (χ1v) is 9.01. The molecular formula is C21H24FN3O3. The minimum absolute atomic E-state index is 0.112. The number of anilines is 2. The molecule has 0 bridgehead atoms. The van der Waals surface area contributed by atoms with Crippen molar-refractivity contribution in [2.45, 2.75) is 26.7 Å². The molecule has 7 heteroatoms. The van der Waals surface area contributed by atoms with Crippen molar-refractivity contribution in [2.24, 2.45) is 0 Å². The number of carbonyl (C=O) groups is 3. The summed E-state index contributed by atoms with van der Waals surface area (Å²) >= 11 is 0. The van der Waals surface area contributed by atoms with Gasteiger partial charge in [-0.2, -0.15) is 0 Å². The molecule has 0 radical (unpaired) electrons. The molecule has 2 N–H and O–H groups in total. The molecule has 0 heterocycles. The summed E-state index contributed by atoms with van der Waals surface area (Å²) in [7, 11) is 0. The number of halogens is 1. The number of hydrogen-bond acceptors (Lipinski definition) is 3. The molecule has 0 aromatic heterocycles. The lowest BCUT2D eigenvalue weighted by Gasteiger charge is -2.21. The first-order chi connectivity index (χ1) is 13.3. The van der Waals surface area contributed by atoms with Gasteiger partial charge in [0.15, 0.2) is 0 Å². The van der Waals surface area contributed by atoms with Crippen LogP contribution in [-0.4, -0.2) is 35.7 Å². The Kier molecular flexibility index (Phi) is 7.68. The molecule has 3 amide bonds. The van der Waals surface area contributed by atoms with Gasteiger partial charge in [-0.25, -0.2) is 4.39 Å². The van der Waals surface area contributed by atoms with Crippen LogP contribution in [-0.2, 0) is 20.8 Å².